The number of aryl methyl sites for hydroxylation is 1. The average molecular weight is 279 g/mol. The fourth-order valence-corrected chi connectivity index (χ4v) is 2.44. The van der Waals surface area contributed by atoms with E-state index in [4.69, 9.17) is 10.5 Å². The average Bonchev–Trinajstić information content (AvgIpc) is 2.53. The Hall–Kier alpha value is -2.46. The molecule has 4 heteroatoms. The first kappa shape index (κ1) is 13.5. The van der Waals surface area contributed by atoms with E-state index in [1.54, 1.807) is 19.5 Å². The van der Waals surface area contributed by atoms with Crippen LogP contribution >= 0.6 is 0 Å². The second-order valence-corrected chi connectivity index (χ2v) is 5.00. The minimum absolute atomic E-state index is 0.256. The van der Waals surface area contributed by atoms with Crippen LogP contribution in [0.25, 0.3) is 10.9 Å². The van der Waals surface area contributed by atoms with Gasteiger partial charge in [0.2, 0.25) is 0 Å². The standard InChI is InChI=1S/C17H17N3O/c1-11-3-4-12-9-13(5-6-15(12)20-11)17(18)14-7-8-19-10-16(14)21-2/h3-10,17H,18H2,1-2H3. The van der Waals surface area contributed by atoms with Crippen molar-refractivity contribution < 1.29 is 4.74 Å². The number of benzene rings is 1. The molecule has 1 unspecified atom stereocenters. The van der Waals surface area contributed by atoms with Crippen LogP contribution < -0.4 is 10.5 Å². The summed E-state index contributed by atoms with van der Waals surface area (Å²) in [6.45, 7) is 1.99. The van der Waals surface area contributed by atoms with E-state index >= 15 is 0 Å². The second kappa shape index (κ2) is 5.50. The molecule has 0 aliphatic rings. The topological polar surface area (TPSA) is 61.0 Å². The minimum atomic E-state index is -0.256. The van der Waals surface area contributed by atoms with Crippen LogP contribution in [-0.2, 0) is 0 Å². The van der Waals surface area contributed by atoms with Crippen molar-refractivity contribution in [1.29, 1.82) is 0 Å². The van der Waals surface area contributed by atoms with E-state index < -0.39 is 0 Å². The number of hydrogen-bond acceptors (Lipinski definition) is 4. The first-order valence-electron chi connectivity index (χ1n) is 6.80. The molecule has 0 amide bonds. The monoisotopic (exact) mass is 279 g/mol. The molecule has 0 saturated carbocycles. The van der Waals surface area contributed by atoms with Gasteiger partial charge >= 0.3 is 0 Å². The van der Waals surface area contributed by atoms with E-state index in [0.29, 0.717) is 5.75 Å². The van der Waals surface area contributed by atoms with Crippen LogP contribution in [0.5, 0.6) is 5.75 Å². The predicted molar refractivity (Wildman–Crippen MR) is 83.3 cm³/mol. The number of aromatic nitrogens is 2. The van der Waals surface area contributed by atoms with Gasteiger partial charge in [0.1, 0.15) is 5.75 Å². The lowest BCUT2D eigenvalue weighted by Gasteiger charge is -2.16. The number of rotatable bonds is 3. The van der Waals surface area contributed by atoms with E-state index in [2.05, 4.69) is 22.1 Å². The van der Waals surface area contributed by atoms with Gasteiger partial charge in [0.05, 0.1) is 24.9 Å². The highest BCUT2D eigenvalue weighted by Crippen LogP contribution is 2.28. The van der Waals surface area contributed by atoms with Crippen LogP contribution in [0.3, 0.4) is 0 Å². The van der Waals surface area contributed by atoms with E-state index in [0.717, 1.165) is 27.7 Å². The smallest absolute Gasteiger partial charge is 0.142 e. The van der Waals surface area contributed by atoms with Gasteiger partial charge in [-0.1, -0.05) is 12.1 Å². The van der Waals surface area contributed by atoms with Gasteiger partial charge in [-0.25, -0.2) is 0 Å². The number of nitrogens with zero attached hydrogens (tertiary/aromatic N) is 2. The number of nitrogens with two attached hydrogens (primary N) is 1. The van der Waals surface area contributed by atoms with E-state index in [-0.39, 0.29) is 6.04 Å². The fraction of sp³-hybridized carbons (Fsp3) is 0.176. The molecular weight excluding hydrogens is 262 g/mol. The predicted octanol–water partition coefficient (Wildman–Crippen LogP) is 2.99. The largest absolute Gasteiger partial charge is 0.495 e. The molecule has 0 bridgehead atoms. The number of pyridine rings is 2. The Morgan fingerprint density at radius 1 is 1.14 bits per heavy atom. The molecule has 3 aromatic rings. The van der Waals surface area contributed by atoms with Crippen molar-refractivity contribution in [1.82, 2.24) is 9.97 Å². The van der Waals surface area contributed by atoms with Crippen molar-refractivity contribution in [2.75, 3.05) is 7.11 Å². The van der Waals surface area contributed by atoms with Gasteiger partial charge in [-0.3, -0.25) is 9.97 Å². The summed E-state index contributed by atoms with van der Waals surface area (Å²) >= 11 is 0. The molecule has 3 rings (SSSR count). The molecule has 106 valence electrons. The van der Waals surface area contributed by atoms with Crippen molar-refractivity contribution in [3.05, 3.63) is 65.6 Å². The molecule has 1 atom stereocenters. The van der Waals surface area contributed by atoms with E-state index in [1.165, 1.54) is 0 Å². The summed E-state index contributed by atoms with van der Waals surface area (Å²) in [5.74, 6) is 0.701. The van der Waals surface area contributed by atoms with Crippen molar-refractivity contribution >= 4 is 10.9 Å². The van der Waals surface area contributed by atoms with Crippen LogP contribution in [0.15, 0.2) is 48.8 Å². The van der Waals surface area contributed by atoms with Gasteiger partial charge in [0.15, 0.2) is 0 Å². The maximum Gasteiger partial charge on any atom is 0.142 e. The third-order valence-electron chi connectivity index (χ3n) is 3.58. The van der Waals surface area contributed by atoms with E-state index in [1.807, 2.05) is 31.2 Å². The molecule has 1 aromatic carbocycles. The van der Waals surface area contributed by atoms with Gasteiger partial charge < -0.3 is 10.5 Å². The third-order valence-corrected chi connectivity index (χ3v) is 3.58. The van der Waals surface area contributed by atoms with Crippen LogP contribution in [0.4, 0.5) is 0 Å². The summed E-state index contributed by atoms with van der Waals surface area (Å²) in [7, 11) is 1.63. The van der Waals surface area contributed by atoms with Crippen LogP contribution in [-0.4, -0.2) is 17.1 Å². The van der Waals surface area contributed by atoms with Crippen molar-refractivity contribution in [2.24, 2.45) is 5.73 Å². The van der Waals surface area contributed by atoms with Gasteiger partial charge in [-0.05, 0) is 36.8 Å². The number of methoxy groups -OCH3 is 1. The summed E-state index contributed by atoms with van der Waals surface area (Å²) in [6.07, 6.45) is 3.41. The Balaban J connectivity index is 2.05. The van der Waals surface area contributed by atoms with Crippen molar-refractivity contribution in [3.8, 4) is 5.75 Å². The Kier molecular flexibility index (Phi) is 3.54. The lowest BCUT2D eigenvalue weighted by atomic mass is 9.98. The molecule has 4 nitrogen and oxygen atoms in total. The summed E-state index contributed by atoms with van der Waals surface area (Å²) < 4.78 is 5.34. The van der Waals surface area contributed by atoms with Crippen molar-refractivity contribution in [3.63, 3.8) is 0 Å². The summed E-state index contributed by atoms with van der Waals surface area (Å²) in [5.41, 5.74) is 10.3. The summed E-state index contributed by atoms with van der Waals surface area (Å²) in [5, 5.41) is 1.08. The Labute approximate surface area is 123 Å². The highest BCUT2D eigenvalue weighted by Gasteiger charge is 2.14. The third kappa shape index (κ3) is 2.58. The Morgan fingerprint density at radius 2 is 2.00 bits per heavy atom. The number of ether oxygens (including phenoxy) is 1. The Morgan fingerprint density at radius 3 is 2.81 bits per heavy atom. The lowest BCUT2D eigenvalue weighted by Crippen LogP contribution is -2.13. The van der Waals surface area contributed by atoms with Gasteiger partial charge in [-0.2, -0.15) is 0 Å². The summed E-state index contributed by atoms with van der Waals surface area (Å²) in [4.78, 5) is 8.57. The zero-order valence-corrected chi connectivity index (χ0v) is 12.1. The molecule has 0 aliphatic heterocycles. The second-order valence-electron chi connectivity index (χ2n) is 5.00. The molecule has 2 N–H and O–H groups in total. The fourth-order valence-electron chi connectivity index (χ4n) is 2.44. The molecule has 2 heterocycles. The molecule has 0 saturated heterocycles. The van der Waals surface area contributed by atoms with Crippen LogP contribution in [0, 0.1) is 6.92 Å². The van der Waals surface area contributed by atoms with Crippen LogP contribution in [0.1, 0.15) is 22.9 Å². The molecule has 0 fully saturated rings. The quantitative estimate of drug-likeness (QED) is 0.800. The number of hydrogen-bond donors (Lipinski definition) is 1. The maximum atomic E-state index is 6.39. The number of fused-ring (bicyclic) bond motifs is 1. The molecular formula is C17H17N3O. The summed E-state index contributed by atoms with van der Waals surface area (Å²) in [6, 6.07) is 11.8. The highest BCUT2D eigenvalue weighted by molar-refractivity contribution is 5.79. The van der Waals surface area contributed by atoms with Gasteiger partial charge in [0, 0.05) is 22.8 Å². The molecule has 21 heavy (non-hydrogen) atoms. The van der Waals surface area contributed by atoms with E-state index in [9.17, 15) is 0 Å². The first-order valence-corrected chi connectivity index (χ1v) is 6.80. The Bertz CT molecular complexity index is 786. The first-order chi connectivity index (χ1) is 10.2. The molecule has 0 aliphatic carbocycles. The van der Waals surface area contributed by atoms with Crippen molar-refractivity contribution in [2.45, 2.75) is 13.0 Å². The lowest BCUT2D eigenvalue weighted by molar-refractivity contribution is 0.406. The minimum Gasteiger partial charge on any atom is -0.495 e. The molecule has 0 spiro atoms. The van der Waals surface area contributed by atoms with Gasteiger partial charge in [-0.15, -0.1) is 0 Å². The normalized spacial score (nSPS) is 12.3. The maximum absolute atomic E-state index is 6.39. The van der Waals surface area contributed by atoms with Gasteiger partial charge in [0.25, 0.3) is 0 Å². The molecule has 2 aromatic heterocycles. The molecule has 0 radical (unpaired) electrons. The highest BCUT2D eigenvalue weighted by atomic mass is 16.5. The zero-order valence-electron chi connectivity index (χ0n) is 12.1. The zero-order chi connectivity index (χ0) is 14.8. The SMILES string of the molecule is COc1cnccc1C(N)c1ccc2nc(C)ccc2c1. The van der Waals surface area contributed by atoms with Crippen LogP contribution in [0.2, 0.25) is 0 Å².